The Morgan fingerprint density at radius 2 is 1.71 bits per heavy atom. The Bertz CT molecular complexity index is 2310. The van der Waals surface area contributed by atoms with Crippen molar-refractivity contribution in [3.05, 3.63) is 58.8 Å². The van der Waals surface area contributed by atoms with Crippen molar-refractivity contribution >= 4 is 33.3 Å². The monoisotopic (exact) mass is 830 g/mol. The van der Waals surface area contributed by atoms with Crippen LogP contribution in [0.3, 0.4) is 0 Å². The summed E-state index contributed by atoms with van der Waals surface area (Å²) in [6, 6.07) is 9.45. The second-order valence-electron chi connectivity index (χ2n) is 19.4. The molecule has 0 aliphatic heterocycles. The van der Waals surface area contributed by atoms with E-state index < -0.39 is 59.7 Å². The molecule has 7 rings (SSSR count). The Kier molecular flexibility index (Phi) is 10.3. The first-order valence-corrected chi connectivity index (χ1v) is 22.0. The standard InChI is InChI=1S/C44H54N4O10S/c1-39(2)16-18-44(38(52)46-26-33(50)56-20-11-21-57-36-37(48(53)58-47-36)59(54,55)28-12-9-8-10-13-28)19-17-43(7)34(29(44)24-39)30(49)22-32-41(5)23-27(25-45)35(51)40(3,4)31(41)14-15-42(32,43)6/h8-10,12-13,22-23,29,31,34H,11,14-21,24,26H2,1-7H3,(H,46,52)/t29-,31-,34-,41-,42+,43+,44-/m0/s1. The van der Waals surface area contributed by atoms with Gasteiger partial charge in [-0.1, -0.05) is 78.3 Å². The first kappa shape index (κ1) is 42.3. The summed E-state index contributed by atoms with van der Waals surface area (Å²) in [5, 5.41) is 27.7. The van der Waals surface area contributed by atoms with Gasteiger partial charge in [0.1, 0.15) is 12.6 Å². The molecule has 5 aliphatic rings. The molecule has 3 fully saturated rings. The normalized spacial score (nSPS) is 33.1. The first-order valence-electron chi connectivity index (χ1n) is 20.5. The number of sulfone groups is 1. The van der Waals surface area contributed by atoms with Gasteiger partial charge >= 0.3 is 16.9 Å². The Hall–Kier alpha value is -4.84. The Morgan fingerprint density at radius 1 is 1.02 bits per heavy atom. The second-order valence-corrected chi connectivity index (χ2v) is 21.2. The highest BCUT2D eigenvalue weighted by molar-refractivity contribution is 7.91. The molecule has 15 heteroatoms. The molecule has 316 valence electrons. The lowest BCUT2D eigenvalue weighted by molar-refractivity contribution is -0.832. The van der Waals surface area contributed by atoms with Gasteiger partial charge in [-0.25, -0.2) is 8.42 Å². The molecule has 0 bridgehead atoms. The van der Waals surface area contributed by atoms with Gasteiger partial charge in [0, 0.05) is 23.2 Å². The number of carbonyl (C=O) groups excluding carboxylic acids is 4. The van der Waals surface area contributed by atoms with Crippen LogP contribution in [0.1, 0.15) is 99.8 Å². The number of ketones is 2. The van der Waals surface area contributed by atoms with Crippen LogP contribution in [0.5, 0.6) is 5.88 Å². The lowest BCUT2D eigenvalue weighted by atomic mass is 9.34. The van der Waals surface area contributed by atoms with Crippen LogP contribution in [-0.4, -0.2) is 56.8 Å². The number of nitrogens with zero attached hydrogens (tertiary/aromatic N) is 3. The number of esters is 1. The van der Waals surface area contributed by atoms with Crippen molar-refractivity contribution in [2.75, 3.05) is 19.8 Å². The fourth-order valence-electron chi connectivity index (χ4n) is 12.1. The van der Waals surface area contributed by atoms with Crippen molar-refractivity contribution in [2.24, 2.45) is 50.2 Å². The minimum Gasteiger partial charge on any atom is -0.464 e. The van der Waals surface area contributed by atoms with Gasteiger partial charge < -0.3 is 20.0 Å². The van der Waals surface area contributed by atoms with E-state index in [0.29, 0.717) is 25.7 Å². The summed E-state index contributed by atoms with van der Waals surface area (Å²) >= 11 is 0. The molecule has 1 N–H and O–H groups in total. The Morgan fingerprint density at radius 3 is 2.41 bits per heavy atom. The van der Waals surface area contributed by atoms with Crippen LogP contribution in [0, 0.1) is 66.8 Å². The maximum atomic E-state index is 14.8. The number of allylic oxidation sites excluding steroid dienone is 4. The van der Waals surface area contributed by atoms with Crippen LogP contribution in [-0.2, 0) is 33.8 Å². The molecule has 5 aliphatic carbocycles. The fourth-order valence-corrected chi connectivity index (χ4v) is 13.4. The van der Waals surface area contributed by atoms with Crippen LogP contribution < -0.4 is 15.0 Å². The van der Waals surface area contributed by atoms with E-state index in [-0.39, 0.29) is 76.3 Å². The number of amides is 1. The van der Waals surface area contributed by atoms with Crippen molar-refractivity contribution < 1.29 is 46.6 Å². The first-order chi connectivity index (χ1) is 27.6. The zero-order valence-corrected chi connectivity index (χ0v) is 35.7. The van der Waals surface area contributed by atoms with Gasteiger partial charge in [-0.05, 0) is 96.1 Å². The van der Waals surface area contributed by atoms with Gasteiger partial charge in [0.25, 0.3) is 9.84 Å². The molecule has 0 radical (unpaired) electrons. The zero-order chi connectivity index (χ0) is 43.0. The number of benzene rings is 1. The minimum absolute atomic E-state index is 0.00913. The molecule has 0 unspecified atom stereocenters. The van der Waals surface area contributed by atoms with Crippen LogP contribution in [0.4, 0.5) is 0 Å². The number of Topliss-reactive ketones (excluding diaryl/α,β-unsaturated/α-hetero) is 1. The molecule has 2 aromatic rings. The molecule has 7 atom stereocenters. The van der Waals surface area contributed by atoms with Crippen molar-refractivity contribution in [3.63, 3.8) is 0 Å². The van der Waals surface area contributed by atoms with Crippen LogP contribution in [0.15, 0.2) is 68.2 Å². The highest BCUT2D eigenvalue weighted by atomic mass is 32.2. The van der Waals surface area contributed by atoms with Gasteiger partial charge in [0.15, 0.2) is 11.6 Å². The average Bonchev–Trinajstić information content (AvgIpc) is 3.56. The van der Waals surface area contributed by atoms with Crippen LogP contribution in [0.25, 0.3) is 0 Å². The minimum atomic E-state index is -4.29. The summed E-state index contributed by atoms with van der Waals surface area (Å²) in [7, 11) is -4.29. The summed E-state index contributed by atoms with van der Waals surface area (Å²) in [6.45, 7) is 14.1. The quantitative estimate of drug-likeness (QED) is 0.171. The van der Waals surface area contributed by atoms with E-state index in [1.807, 2.05) is 26.0 Å². The zero-order valence-electron chi connectivity index (χ0n) is 34.9. The number of ether oxygens (including phenoxy) is 2. The van der Waals surface area contributed by atoms with Crippen LogP contribution in [0.2, 0.25) is 0 Å². The molecule has 1 heterocycles. The van der Waals surface area contributed by atoms with E-state index in [1.165, 1.54) is 24.3 Å². The van der Waals surface area contributed by atoms with Crippen molar-refractivity contribution in [2.45, 2.75) is 110 Å². The second kappa shape index (κ2) is 14.4. The topological polar surface area (TPSA) is 210 Å². The van der Waals surface area contributed by atoms with E-state index in [2.05, 4.69) is 55.8 Å². The molecule has 1 aromatic heterocycles. The molecular weight excluding hydrogens is 777 g/mol. The molecule has 1 amide bonds. The Balaban J connectivity index is 1.04. The highest BCUT2D eigenvalue weighted by Crippen LogP contribution is 2.74. The predicted molar refractivity (Wildman–Crippen MR) is 210 cm³/mol. The maximum absolute atomic E-state index is 14.8. The summed E-state index contributed by atoms with van der Waals surface area (Å²) in [6.07, 6.45) is 8.51. The van der Waals surface area contributed by atoms with Gasteiger partial charge in [-0.2, -0.15) is 5.26 Å². The summed E-state index contributed by atoms with van der Waals surface area (Å²) in [4.78, 5) is 55.2. The smallest absolute Gasteiger partial charge is 0.414 e. The average molecular weight is 831 g/mol. The maximum Gasteiger partial charge on any atom is 0.414 e. The number of hydrogen-bond acceptors (Lipinski definition) is 12. The Labute approximate surface area is 345 Å². The molecule has 1 aromatic carbocycles. The third kappa shape index (κ3) is 6.51. The summed E-state index contributed by atoms with van der Waals surface area (Å²) < 4.78 is 41.3. The van der Waals surface area contributed by atoms with Crippen molar-refractivity contribution in [3.8, 4) is 11.9 Å². The number of hydrogen-bond donors (Lipinski definition) is 1. The van der Waals surface area contributed by atoms with Crippen molar-refractivity contribution in [1.82, 2.24) is 10.5 Å². The largest absolute Gasteiger partial charge is 0.464 e. The molecule has 59 heavy (non-hydrogen) atoms. The lowest BCUT2D eigenvalue weighted by Gasteiger charge is -2.69. The number of fused-ring (bicyclic) bond motifs is 7. The van der Waals surface area contributed by atoms with Crippen molar-refractivity contribution in [1.29, 1.82) is 5.26 Å². The lowest BCUT2D eigenvalue weighted by Crippen LogP contribution is -2.66. The van der Waals surface area contributed by atoms with Gasteiger partial charge in [-0.15, -0.1) is 0 Å². The summed E-state index contributed by atoms with van der Waals surface area (Å²) in [5.74, 6) is -2.40. The number of rotatable bonds is 10. The van der Waals surface area contributed by atoms with E-state index in [0.717, 1.165) is 24.8 Å². The molecule has 3 saturated carbocycles. The van der Waals surface area contributed by atoms with Gasteiger partial charge in [-0.3, -0.25) is 23.8 Å². The number of carbonyl (C=O) groups is 4. The molecular formula is C44H54N4O10S. The number of nitrogens with one attached hydrogen (secondary N) is 1. The third-order valence-corrected chi connectivity index (χ3v) is 17.1. The van der Waals surface area contributed by atoms with E-state index in [4.69, 9.17) is 9.47 Å². The fraction of sp³-hybridized carbons (Fsp3) is 0.614. The van der Waals surface area contributed by atoms with E-state index >= 15 is 0 Å². The number of aromatic nitrogens is 2. The molecule has 14 nitrogen and oxygen atoms in total. The number of nitriles is 1. The van der Waals surface area contributed by atoms with Crippen LogP contribution >= 0.6 is 0 Å². The van der Waals surface area contributed by atoms with Gasteiger partial charge in [0.2, 0.25) is 5.91 Å². The molecule has 0 spiro atoms. The van der Waals surface area contributed by atoms with E-state index in [9.17, 15) is 38.1 Å². The highest BCUT2D eigenvalue weighted by Gasteiger charge is 2.70. The van der Waals surface area contributed by atoms with Gasteiger partial charge in [0.05, 0.1) is 34.3 Å². The third-order valence-electron chi connectivity index (χ3n) is 15.4. The van der Waals surface area contributed by atoms with E-state index in [1.54, 1.807) is 6.07 Å². The predicted octanol–water partition coefficient (Wildman–Crippen LogP) is 5.79. The SMILES string of the molecule is CC1(C)CC[C@]2(C(=O)NCC(=O)OCCCOc3no[n+]([O-])c3S(=O)(=O)c3ccccc3)CC[C@]3(C)[C@H](C(=O)C=C4[C@@]5(C)C=C(C#N)C(=O)C(C)(C)[C@@H]5CC[C@]43C)[C@@H]2C1. The molecule has 0 saturated heterocycles. The summed E-state index contributed by atoms with van der Waals surface area (Å²) in [5.41, 5.74) is -2.20.